The van der Waals surface area contributed by atoms with Gasteiger partial charge in [-0.2, -0.15) is 26.3 Å². The number of aromatic nitrogens is 2. The number of hydrogen-bond acceptors (Lipinski definition) is 7. The Hall–Kier alpha value is -3.99. The van der Waals surface area contributed by atoms with Crippen molar-refractivity contribution in [2.45, 2.75) is 81.6 Å². The molecule has 52 heavy (non-hydrogen) atoms. The molecule has 278 valence electrons. The maximum Gasteiger partial charge on any atom is 0.416 e. The summed E-state index contributed by atoms with van der Waals surface area (Å²) in [5.74, 6) is -0.374. The molecule has 1 saturated carbocycles. The first-order chi connectivity index (χ1) is 24.6. The molecule has 8 nitrogen and oxygen atoms in total. The lowest BCUT2D eigenvalue weighted by Crippen LogP contribution is -2.46. The Kier molecular flexibility index (Phi) is 11.0. The summed E-state index contributed by atoms with van der Waals surface area (Å²) in [7, 11) is -2.47. The second-order valence-corrected chi connectivity index (χ2v) is 16.1. The first-order valence-corrected chi connectivity index (χ1v) is 19.0. The van der Waals surface area contributed by atoms with E-state index in [0.717, 1.165) is 53.9 Å². The average Bonchev–Trinajstić information content (AvgIpc) is 3.60. The van der Waals surface area contributed by atoms with Gasteiger partial charge < -0.3 is 5.32 Å². The molecule has 0 radical (unpaired) electrons. The van der Waals surface area contributed by atoms with Crippen LogP contribution in [0.4, 0.5) is 26.3 Å². The Labute approximate surface area is 302 Å². The maximum atomic E-state index is 13.5. The highest BCUT2D eigenvalue weighted by Crippen LogP contribution is 2.60. The van der Waals surface area contributed by atoms with Crippen LogP contribution in [0, 0.1) is 5.92 Å². The normalized spacial score (nSPS) is 17.6. The van der Waals surface area contributed by atoms with Crippen LogP contribution in [0.5, 0.6) is 0 Å². The summed E-state index contributed by atoms with van der Waals surface area (Å²) in [6.07, 6.45) is -3.94. The first-order valence-electron chi connectivity index (χ1n) is 16.7. The van der Waals surface area contributed by atoms with E-state index >= 15 is 0 Å². The molecule has 2 aliphatic rings. The number of pyridine rings is 1. The fraction of sp³-hybridized carbons (Fsp3) is 0.389. The zero-order valence-electron chi connectivity index (χ0n) is 28.1. The van der Waals surface area contributed by atoms with Gasteiger partial charge in [-0.05, 0) is 72.7 Å². The number of nitrogens with zero attached hydrogens (tertiary/aromatic N) is 2. The van der Waals surface area contributed by atoms with Crippen LogP contribution < -0.4 is 10.0 Å². The van der Waals surface area contributed by atoms with Crippen LogP contribution in [0.15, 0.2) is 71.1 Å². The van der Waals surface area contributed by atoms with E-state index in [-0.39, 0.29) is 58.6 Å². The fourth-order valence-electron chi connectivity index (χ4n) is 6.23. The minimum Gasteiger partial charge on any atom is -0.348 e. The van der Waals surface area contributed by atoms with Gasteiger partial charge in [0.15, 0.2) is 6.79 Å². The molecule has 0 spiro atoms. The Morgan fingerprint density at radius 3 is 2.10 bits per heavy atom. The van der Waals surface area contributed by atoms with E-state index in [1.807, 2.05) is 24.3 Å². The molecule has 2 aromatic carbocycles. The predicted molar refractivity (Wildman–Crippen MR) is 185 cm³/mol. The molecule has 1 saturated heterocycles. The number of amides is 2. The van der Waals surface area contributed by atoms with Gasteiger partial charge in [-0.1, -0.05) is 56.0 Å². The van der Waals surface area contributed by atoms with E-state index in [4.69, 9.17) is 8.37 Å². The topological polar surface area (TPSA) is 102 Å². The van der Waals surface area contributed by atoms with Crippen LogP contribution in [0.25, 0.3) is 22.0 Å². The molecule has 0 bridgehead atoms. The van der Waals surface area contributed by atoms with Crippen LogP contribution in [0.3, 0.4) is 0 Å². The highest BCUT2D eigenvalue weighted by Gasteiger charge is 2.38. The molecule has 1 atom stereocenters. The average molecular weight is 767 g/mol. The first kappa shape index (κ1) is 37.8. The smallest absolute Gasteiger partial charge is 0.348 e. The van der Waals surface area contributed by atoms with Crippen molar-refractivity contribution in [2.75, 3.05) is 6.79 Å². The van der Waals surface area contributed by atoms with Crippen molar-refractivity contribution in [2.24, 2.45) is 5.92 Å². The molecule has 6 rings (SSSR count). The Morgan fingerprint density at radius 2 is 1.56 bits per heavy atom. The largest absolute Gasteiger partial charge is 0.416 e. The summed E-state index contributed by atoms with van der Waals surface area (Å²) in [4.78, 5) is 36.2. The maximum absolute atomic E-state index is 13.5. The van der Waals surface area contributed by atoms with Gasteiger partial charge in [-0.15, -0.1) is 11.3 Å². The molecule has 1 unspecified atom stereocenters. The third-order valence-corrected chi connectivity index (χ3v) is 12.2. The van der Waals surface area contributed by atoms with Gasteiger partial charge in [0.05, 0.1) is 33.0 Å². The van der Waals surface area contributed by atoms with E-state index in [1.165, 1.54) is 23.7 Å². The number of thiazole rings is 1. The number of alkyl halides is 6. The van der Waals surface area contributed by atoms with Crippen LogP contribution in [0.1, 0.15) is 85.3 Å². The van der Waals surface area contributed by atoms with Crippen LogP contribution >= 0.6 is 22.1 Å². The summed E-state index contributed by atoms with van der Waals surface area (Å²) in [6.45, 7) is 4.23. The third-order valence-electron chi connectivity index (χ3n) is 9.11. The zero-order chi connectivity index (χ0) is 37.3. The Balaban J connectivity index is 1.15. The molecule has 2 amide bonds. The molecule has 1 aliphatic carbocycles. The van der Waals surface area contributed by atoms with Crippen molar-refractivity contribution >= 4 is 33.9 Å². The standard InChI is InChI=1S/C36H36F6N4O4S2/c1-21(2)22-8-11-28(12-9-22)52(49-20-50-52)46-32(47)17-30(23-6-4-3-5-7-23)44-33(48)24-10-13-29(43-18-24)34-45-31(19-51-34)25-14-26(35(37,38)39)16-27(15-25)36(40,41)42/h8-16,18-19,21,23,30H,3-7,17,20H2,1-2H3,(H,44,48)(H,46,47). The molecule has 4 aromatic rings. The summed E-state index contributed by atoms with van der Waals surface area (Å²) in [5.41, 5.74) is -1.69. The number of rotatable bonds is 10. The minimum absolute atomic E-state index is 0.000943. The number of hydrogen-bond donors (Lipinski definition) is 2. The second-order valence-electron chi connectivity index (χ2n) is 13.1. The van der Waals surface area contributed by atoms with Crippen molar-refractivity contribution in [3.8, 4) is 22.0 Å². The van der Waals surface area contributed by atoms with E-state index < -0.39 is 46.2 Å². The van der Waals surface area contributed by atoms with Gasteiger partial charge in [0.1, 0.15) is 5.01 Å². The molecule has 1 aliphatic heterocycles. The Bertz CT molecular complexity index is 1860. The predicted octanol–water partition coefficient (Wildman–Crippen LogP) is 9.83. The number of carbonyl (C=O) groups excluding carboxylic acids is 2. The monoisotopic (exact) mass is 766 g/mol. The van der Waals surface area contributed by atoms with Gasteiger partial charge in [0.25, 0.3) is 5.91 Å². The molecule has 2 fully saturated rings. The van der Waals surface area contributed by atoms with E-state index in [9.17, 15) is 35.9 Å². The highest BCUT2D eigenvalue weighted by atomic mass is 32.3. The van der Waals surface area contributed by atoms with Gasteiger partial charge in [-0.3, -0.25) is 14.6 Å². The zero-order valence-corrected chi connectivity index (χ0v) is 29.8. The Morgan fingerprint density at radius 1 is 0.904 bits per heavy atom. The molecular formula is C36H36F6N4O4S2. The highest BCUT2D eigenvalue weighted by molar-refractivity contribution is 8.25. The summed E-state index contributed by atoms with van der Waals surface area (Å²) >= 11 is 0.986. The van der Waals surface area contributed by atoms with Crippen LogP contribution in [-0.4, -0.2) is 34.6 Å². The number of carbonyl (C=O) groups is 2. The quantitative estimate of drug-likeness (QED) is 0.156. The molecule has 16 heteroatoms. The lowest BCUT2D eigenvalue weighted by molar-refractivity contribution is -0.143. The summed E-state index contributed by atoms with van der Waals surface area (Å²) < 4.78 is 94.9. The van der Waals surface area contributed by atoms with Gasteiger partial charge in [-0.25, -0.2) is 18.1 Å². The number of halogens is 6. The molecule has 2 aromatic heterocycles. The van der Waals surface area contributed by atoms with Gasteiger partial charge in [0, 0.05) is 29.6 Å². The summed E-state index contributed by atoms with van der Waals surface area (Å²) in [5, 5.41) is 4.61. The van der Waals surface area contributed by atoms with Crippen molar-refractivity contribution in [1.82, 2.24) is 20.0 Å². The van der Waals surface area contributed by atoms with E-state index in [2.05, 4.69) is 33.9 Å². The SMILES string of the molecule is CC(C)c1ccc(S2(NC(=O)CC(NC(=O)c3ccc(-c4nc(-c5cc(C(F)(F)F)cc(C(F)(F)F)c5)cs4)nc3)C3CCCCC3)OCO2)cc1. The number of nitrogens with one attached hydrogen (secondary N) is 2. The van der Waals surface area contributed by atoms with E-state index in [0.29, 0.717) is 18.1 Å². The van der Waals surface area contributed by atoms with Crippen LogP contribution in [-0.2, 0) is 25.5 Å². The van der Waals surface area contributed by atoms with Crippen molar-refractivity contribution in [1.29, 1.82) is 0 Å². The second kappa shape index (κ2) is 15.2. The van der Waals surface area contributed by atoms with Gasteiger partial charge >= 0.3 is 12.4 Å². The molecule has 2 N–H and O–H groups in total. The van der Waals surface area contributed by atoms with Crippen molar-refractivity contribution in [3.05, 3.63) is 88.4 Å². The van der Waals surface area contributed by atoms with Crippen LogP contribution in [0.2, 0.25) is 0 Å². The minimum atomic E-state index is -4.99. The van der Waals surface area contributed by atoms with Crippen molar-refractivity contribution < 1.29 is 44.3 Å². The van der Waals surface area contributed by atoms with Crippen molar-refractivity contribution in [3.63, 3.8) is 0 Å². The number of benzene rings is 2. The van der Waals surface area contributed by atoms with Gasteiger partial charge in [0.2, 0.25) is 5.91 Å². The lowest BCUT2D eigenvalue weighted by Gasteiger charge is -2.49. The lowest BCUT2D eigenvalue weighted by atomic mass is 9.82. The summed E-state index contributed by atoms with van der Waals surface area (Å²) in [6, 6.07) is 11.6. The van der Waals surface area contributed by atoms with E-state index in [1.54, 1.807) is 0 Å². The molecule has 3 heterocycles. The third kappa shape index (κ3) is 8.62. The molecular weight excluding hydrogens is 731 g/mol. The fourth-order valence-corrected chi connectivity index (χ4v) is 8.71.